The fraction of sp³-hybridized carbons (Fsp3) is 0.519. The van der Waals surface area contributed by atoms with Gasteiger partial charge in [0.15, 0.2) is 11.3 Å². The molecule has 1 spiro atoms. The van der Waals surface area contributed by atoms with Crippen LogP contribution in [0, 0.1) is 0 Å². The lowest BCUT2D eigenvalue weighted by atomic mass is 9.75. The predicted molar refractivity (Wildman–Crippen MR) is 134 cm³/mol. The lowest BCUT2D eigenvalue weighted by Gasteiger charge is -2.45. The first-order chi connectivity index (χ1) is 16.8. The minimum Gasteiger partial charge on any atom is -0.497 e. The van der Waals surface area contributed by atoms with E-state index in [0.29, 0.717) is 57.4 Å². The average Bonchev–Trinajstić information content (AvgIpc) is 3.43. The Hall–Kier alpha value is -2.13. The third kappa shape index (κ3) is 4.24. The second kappa shape index (κ2) is 9.39. The summed E-state index contributed by atoms with van der Waals surface area (Å²) < 4.78 is 24.1. The van der Waals surface area contributed by atoms with E-state index in [1.54, 1.807) is 14.0 Å². The minimum atomic E-state index is -1.40. The van der Waals surface area contributed by atoms with Gasteiger partial charge in [0.05, 0.1) is 20.3 Å². The van der Waals surface area contributed by atoms with Gasteiger partial charge in [0.25, 0.3) is 0 Å². The van der Waals surface area contributed by atoms with Crippen LogP contribution in [-0.4, -0.2) is 55.4 Å². The van der Waals surface area contributed by atoms with Gasteiger partial charge in [-0.25, -0.2) is 4.79 Å². The van der Waals surface area contributed by atoms with Gasteiger partial charge in [0, 0.05) is 29.5 Å². The number of benzene rings is 2. The maximum atomic E-state index is 14.2. The molecule has 1 unspecified atom stereocenters. The molecule has 0 bridgehead atoms. The van der Waals surface area contributed by atoms with E-state index in [1.165, 1.54) is 0 Å². The number of hydrogen-bond donors (Lipinski definition) is 1. The van der Waals surface area contributed by atoms with Gasteiger partial charge < -0.3 is 29.0 Å². The highest BCUT2D eigenvalue weighted by Crippen LogP contribution is 2.50. The van der Waals surface area contributed by atoms with Crippen molar-refractivity contribution in [3.63, 3.8) is 0 Å². The topological polar surface area (TPSA) is 77.5 Å². The summed E-state index contributed by atoms with van der Waals surface area (Å²) in [7, 11) is 1.62. The number of esters is 1. The molecule has 1 saturated carbocycles. The smallest absolute Gasteiger partial charge is 0.340 e. The van der Waals surface area contributed by atoms with Crippen molar-refractivity contribution >= 4 is 27.6 Å². The summed E-state index contributed by atoms with van der Waals surface area (Å²) in [5.41, 5.74) is -1.25. The third-order valence-corrected chi connectivity index (χ3v) is 8.26. The number of carbonyl (C=O) groups is 1. The van der Waals surface area contributed by atoms with Gasteiger partial charge in [-0.15, -0.1) is 0 Å². The maximum Gasteiger partial charge on any atom is 0.340 e. The standard InChI is InChI=1S/C27H32BrNO6/c1-25(31)15-16-29(21-7-9-22(32-2)10-8-21)27(25,19-3-5-20(28)6-4-19)24(30)35-23-11-13-26(14-12-23)33-17-18-34-26/h3-10,23,31H,11-18H2,1-2H3/t25-,27?/m1/s1. The number of anilines is 1. The Morgan fingerprint density at radius 2 is 1.66 bits per heavy atom. The molecule has 2 aromatic rings. The number of nitrogens with zero attached hydrogens (tertiary/aromatic N) is 1. The van der Waals surface area contributed by atoms with Gasteiger partial charge in [0.2, 0.25) is 0 Å². The van der Waals surface area contributed by atoms with Crippen LogP contribution in [0.25, 0.3) is 0 Å². The van der Waals surface area contributed by atoms with Crippen LogP contribution < -0.4 is 9.64 Å². The lowest BCUT2D eigenvalue weighted by molar-refractivity contribution is -0.198. The van der Waals surface area contributed by atoms with E-state index in [0.717, 1.165) is 15.9 Å². The van der Waals surface area contributed by atoms with Crippen LogP contribution in [0.4, 0.5) is 5.69 Å². The Morgan fingerprint density at radius 1 is 1.03 bits per heavy atom. The van der Waals surface area contributed by atoms with Crippen LogP contribution in [-0.2, 0) is 24.5 Å². The molecule has 2 heterocycles. The van der Waals surface area contributed by atoms with Crippen molar-refractivity contribution in [2.45, 2.75) is 62.1 Å². The van der Waals surface area contributed by atoms with Crippen molar-refractivity contribution in [1.29, 1.82) is 0 Å². The van der Waals surface area contributed by atoms with Gasteiger partial charge in [-0.1, -0.05) is 28.1 Å². The number of halogens is 1. The zero-order chi connectivity index (χ0) is 24.7. The van der Waals surface area contributed by atoms with E-state index >= 15 is 0 Å². The Labute approximate surface area is 214 Å². The van der Waals surface area contributed by atoms with E-state index in [1.807, 2.05) is 53.4 Å². The molecular formula is C27H32BrNO6. The second-order valence-electron chi connectivity index (χ2n) is 9.80. The fourth-order valence-corrected chi connectivity index (χ4v) is 6.10. The highest BCUT2D eigenvalue weighted by Gasteiger charge is 2.64. The first-order valence-electron chi connectivity index (χ1n) is 12.2. The number of hydrogen-bond acceptors (Lipinski definition) is 7. The average molecular weight is 546 g/mol. The van der Waals surface area contributed by atoms with Crippen LogP contribution >= 0.6 is 15.9 Å². The van der Waals surface area contributed by atoms with Crippen LogP contribution in [0.1, 0.15) is 44.6 Å². The highest BCUT2D eigenvalue weighted by molar-refractivity contribution is 9.10. The first-order valence-corrected chi connectivity index (χ1v) is 13.0. The second-order valence-corrected chi connectivity index (χ2v) is 10.7. The molecule has 7 nitrogen and oxygen atoms in total. The Kier molecular flexibility index (Phi) is 6.59. The third-order valence-electron chi connectivity index (χ3n) is 7.73. The molecule has 0 radical (unpaired) electrons. The molecule has 188 valence electrons. The molecule has 2 atom stereocenters. The van der Waals surface area contributed by atoms with Crippen molar-refractivity contribution in [1.82, 2.24) is 0 Å². The van der Waals surface area contributed by atoms with E-state index in [-0.39, 0.29) is 6.10 Å². The van der Waals surface area contributed by atoms with E-state index in [9.17, 15) is 9.90 Å². The number of carbonyl (C=O) groups excluding carboxylic acids is 1. The molecular weight excluding hydrogens is 514 g/mol. The summed E-state index contributed by atoms with van der Waals surface area (Å²) >= 11 is 3.49. The van der Waals surface area contributed by atoms with E-state index < -0.39 is 22.9 Å². The monoisotopic (exact) mass is 545 g/mol. The van der Waals surface area contributed by atoms with Crippen LogP contribution in [0.5, 0.6) is 5.75 Å². The molecule has 1 aliphatic carbocycles. The summed E-state index contributed by atoms with van der Waals surface area (Å²) in [4.78, 5) is 16.2. The van der Waals surface area contributed by atoms with Crippen molar-refractivity contribution in [2.75, 3.05) is 31.8 Å². The number of methoxy groups -OCH3 is 1. The summed E-state index contributed by atoms with van der Waals surface area (Å²) in [6, 6.07) is 15.1. The van der Waals surface area contributed by atoms with Crippen LogP contribution in [0.15, 0.2) is 53.0 Å². The molecule has 3 aliphatic rings. The maximum absolute atomic E-state index is 14.2. The number of ether oxygens (including phenoxy) is 4. The molecule has 3 fully saturated rings. The number of aliphatic hydroxyl groups is 1. The SMILES string of the molecule is COc1ccc(N2CC[C@@](C)(O)C2(C(=O)OC2CCC3(CC2)OCCO3)c2ccc(Br)cc2)cc1. The number of rotatable bonds is 5. The largest absolute Gasteiger partial charge is 0.497 e. The van der Waals surface area contributed by atoms with Gasteiger partial charge in [-0.3, -0.25) is 0 Å². The molecule has 1 N–H and O–H groups in total. The Bertz CT molecular complexity index is 1040. The van der Waals surface area contributed by atoms with Crippen LogP contribution in [0.3, 0.4) is 0 Å². The zero-order valence-corrected chi connectivity index (χ0v) is 21.8. The molecule has 0 amide bonds. The Morgan fingerprint density at radius 3 is 2.26 bits per heavy atom. The van der Waals surface area contributed by atoms with Gasteiger partial charge in [0.1, 0.15) is 17.5 Å². The summed E-state index contributed by atoms with van der Waals surface area (Å²) in [5, 5.41) is 11.8. The summed E-state index contributed by atoms with van der Waals surface area (Å²) in [6.45, 7) is 3.45. The molecule has 5 rings (SSSR count). The van der Waals surface area contributed by atoms with Crippen molar-refractivity contribution in [2.24, 2.45) is 0 Å². The minimum absolute atomic E-state index is 0.262. The summed E-state index contributed by atoms with van der Waals surface area (Å²) in [5.74, 6) is -0.239. The van der Waals surface area contributed by atoms with Crippen molar-refractivity contribution < 1.29 is 28.8 Å². The van der Waals surface area contributed by atoms with E-state index in [2.05, 4.69) is 15.9 Å². The zero-order valence-electron chi connectivity index (χ0n) is 20.2. The Balaban J connectivity index is 1.50. The van der Waals surface area contributed by atoms with Crippen molar-refractivity contribution in [3.05, 3.63) is 58.6 Å². The molecule has 2 aromatic carbocycles. The quantitative estimate of drug-likeness (QED) is 0.552. The lowest BCUT2D eigenvalue weighted by Crippen LogP contribution is -2.61. The van der Waals surface area contributed by atoms with Crippen LogP contribution in [0.2, 0.25) is 0 Å². The van der Waals surface area contributed by atoms with Gasteiger partial charge in [-0.05, 0) is 68.1 Å². The molecule has 2 aliphatic heterocycles. The van der Waals surface area contributed by atoms with E-state index in [4.69, 9.17) is 18.9 Å². The van der Waals surface area contributed by atoms with Crippen molar-refractivity contribution in [3.8, 4) is 5.75 Å². The molecule has 8 heteroatoms. The fourth-order valence-electron chi connectivity index (χ4n) is 5.83. The molecule has 35 heavy (non-hydrogen) atoms. The first kappa shape index (κ1) is 24.6. The summed E-state index contributed by atoms with van der Waals surface area (Å²) in [6.07, 6.45) is 2.85. The van der Waals surface area contributed by atoms with Gasteiger partial charge >= 0.3 is 5.97 Å². The predicted octanol–water partition coefficient (Wildman–Crippen LogP) is 4.54. The molecule has 0 aromatic heterocycles. The highest BCUT2D eigenvalue weighted by atomic mass is 79.9. The normalized spacial score (nSPS) is 28.4. The van der Waals surface area contributed by atoms with Gasteiger partial charge in [-0.2, -0.15) is 0 Å². The molecule has 2 saturated heterocycles.